The predicted molar refractivity (Wildman–Crippen MR) is 285 cm³/mol. The van der Waals surface area contributed by atoms with Crippen LogP contribution in [0.15, 0.2) is 0 Å². The highest BCUT2D eigenvalue weighted by Gasteiger charge is 2.37. The van der Waals surface area contributed by atoms with Crippen LogP contribution in [0.25, 0.3) is 0 Å². The molecule has 1 saturated heterocycles. The van der Waals surface area contributed by atoms with E-state index in [1.807, 2.05) is 19.0 Å². The first-order chi connectivity index (χ1) is 35.8. The number of unbranched alkanes of at least 4 members (excludes halogenated alkanes) is 20. The first-order valence-corrected chi connectivity index (χ1v) is 28.8. The van der Waals surface area contributed by atoms with Crippen molar-refractivity contribution in [3.8, 4) is 0 Å². The van der Waals surface area contributed by atoms with Crippen molar-refractivity contribution in [2.75, 3.05) is 106 Å². The summed E-state index contributed by atoms with van der Waals surface area (Å²) in [5.74, 6) is -3.71. The van der Waals surface area contributed by atoms with Crippen LogP contribution in [0, 0.1) is 0 Å². The van der Waals surface area contributed by atoms with Gasteiger partial charge in [-0.15, -0.1) is 0 Å². The molecule has 0 aromatic rings. The first-order valence-electron chi connectivity index (χ1n) is 28.8. The fourth-order valence-electron chi connectivity index (χ4n) is 8.54. The number of nitrogens with zero attached hydrogens (tertiary/aromatic N) is 4. The van der Waals surface area contributed by atoms with Gasteiger partial charge in [0.15, 0.2) is 0 Å². The average Bonchev–Trinajstić information content (AvgIpc) is 3.36. The Balaban J connectivity index is 3.06. The van der Waals surface area contributed by atoms with Crippen LogP contribution in [0.4, 0.5) is 4.79 Å². The molecular formula is C56H102N4O14. The lowest BCUT2D eigenvalue weighted by Gasteiger charge is -2.40. The van der Waals surface area contributed by atoms with E-state index < -0.39 is 67.1 Å². The third-order valence-corrected chi connectivity index (χ3v) is 12.9. The van der Waals surface area contributed by atoms with E-state index in [4.69, 9.17) is 33.2 Å². The number of amides is 1. The molecule has 18 heteroatoms. The molecule has 0 N–H and O–H groups in total. The van der Waals surface area contributed by atoms with E-state index in [1.165, 1.54) is 14.7 Å². The van der Waals surface area contributed by atoms with Gasteiger partial charge in [0.1, 0.15) is 19.8 Å². The Hall–Kier alpha value is -4.03. The minimum absolute atomic E-state index is 0.0824. The molecule has 0 radical (unpaired) electrons. The fourth-order valence-corrected chi connectivity index (χ4v) is 8.54. The highest BCUT2D eigenvalue weighted by molar-refractivity contribution is 5.79. The summed E-state index contributed by atoms with van der Waals surface area (Å²) in [6.45, 7) is 7.56. The summed E-state index contributed by atoms with van der Waals surface area (Å²) in [6.07, 6.45) is 25.4. The molecule has 1 fully saturated rings. The Labute approximate surface area is 446 Å². The van der Waals surface area contributed by atoms with Crippen molar-refractivity contribution < 1.29 is 66.7 Å². The minimum Gasteiger partial charge on any atom is -0.465 e. The number of rotatable bonds is 47. The van der Waals surface area contributed by atoms with Crippen molar-refractivity contribution in [3.05, 3.63) is 0 Å². The van der Waals surface area contributed by atoms with Crippen LogP contribution in [0.5, 0.6) is 0 Å². The number of likely N-dealkylation sites (tertiary alicyclic amines) is 1. The predicted octanol–water partition coefficient (Wildman–Crippen LogP) is 9.21. The molecule has 18 nitrogen and oxygen atoms in total. The Morgan fingerprint density at radius 3 is 0.919 bits per heavy atom. The molecule has 1 aliphatic rings. The number of ether oxygens (including phenoxy) is 7. The molecule has 430 valence electrons. The summed E-state index contributed by atoms with van der Waals surface area (Å²) >= 11 is 0. The third kappa shape index (κ3) is 37.7. The number of carbonyl (C=O) groups excluding carboxylic acids is 7. The Kier molecular flexibility index (Phi) is 42.5. The van der Waals surface area contributed by atoms with Gasteiger partial charge in [-0.25, -0.2) is 4.79 Å². The monoisotopic (exact) mass is 1050 g/mol. The lowest BCUT2D eigenvalue weighted by molar-refractivity contribution is -0.154. The minimum atomic E-state index is -0.719. The highest BCUT2D eigenvalue weighted by atomic mass is 16.6. The van der Waals surface area contributed by atoms with Crippen LogP contribution in [0.1, 0.15) is 201 Å². The van der Waals surface area contributed by atoms with Gasteiger partial charge in [0, 0.05) is 6.54 Å². The molecular weight excluding hydrogens is 953 g/mol. The quantitative estimate of drug-likeness (QED) is 0.0317. The second kappa shape index (κ2) is 46.3. The maximum Gasteiger partial charge on any atom is 0.410 e. The van der Waals surface area contributed by atoms with E-state index in [0.29, 0.717) is 25.8 Å². The summed E-state index contributed by atoms with van der Waals surface area (Å²) in [4.78, 5) is 98.6. The van der Waals surface area contributed by atoms with Gasteiger partial charge < -0.3 is 38.1 Å². The molecule has 1 amide bonds. The van der Waals surface area contributed by atoms with E-state index in [9.17, 15) is 33.6 Å². The third-order valence-electron chi connectivity index (χ3n) is 12.9. The average molecular weight is 1060 g/mol. The van der Waals surface area contributed by atoms with E-state index >= 15 is 0 Å². The van der Waals surface area contributed by atoms with Gasteiger partial charge in [0.25, 0.3) is 0 Å². The normalized spacial score (nSPS) is 14.5. The van der Waals surface area contributed by atoms with E-state index in [-0.39, 0.29) is 72.4 Å². The maximum atomic E-state index is 13.8. The number of likely N-dealkylation sites (N-methyl/N-ethyl adjacent to an activating group) is 1. The molecule has 0 aliphatic carbocycles. The lowest BCUT2D eigenvalue weighted by atomic mass is 9.97. The summed E-state index contributed by atoms with van der Waals surface area (Å²) in [7, 11) is 3.70. The fraction of sp³-hybridized carbons (Fsp3) is 0.875. The zero-order valence-electron chi connectivity index (χ0n) is 47.2. The van der Waals surface area contributed by atoms with Crippen LogP contribution in [0.3, 0.4) is 0 Å². The molecule has 0 aromatic heterocycles. The van der Waals surface area contributed by atoms with Crippen molar-refractivity contribution >= 4 is 41.9 Å². The van der Waals surface area contributed by atoms with Gasteiger partial charge >= 0.3 is 41.9 Å². The SMILES string of the molecule is CCCCCCCCOC(=O)CN(CC(=O)OCCCCCCCC)CC(=O)OC[C@H]1CCC[C@@H](COC(=O)CN(CC(=O)OCCCCCCCC)CC(=O)OCCCCCCCC)N1C(=O)OCCN(C)C. The molecule has 1 heterocycles. The Morgan fingerprint density at radius 2 is 0.635 bits per heavy atom. The number of hydrogen-bond acceptors (Lipinski definition) is 17. The van der Waals surface area contributed by atoms with Crippen molar-refractivity contribution in [1.29, 1.82) is 0 Å². The van der Waals surface area contributed by atoms with Crippen LogP contribution in [-0.2, 0) is 61.9 Å². The highest BCUT2D eigenvalue weighted by Crippen LogP contribution is 2.25. The first kappa shape index (κ1) is 68.0. The Morgan fingerprint density at radius 1 is 0.365 bits per heavy atom. The number of hydrogen-bond donors (Lipinski definition) is 0. The molecule has 2 atom stereocenters. The molecule has 1 rings (SSSR count). The molecule has 0 aromatic carbocycles. The standard InChI is InChI=1S/C56H102N4O14/c1-7-11-15-19-23-27-35-68-50(61)40-58(41-51(62)69-36-28-24-20-16-12-8-2)44-54(65)73-46-48-32-31-33-49(60(48)56(67)72-39-34-57(5)6)47-74-55(66)45-59(42-52(63)70-37-29-25-21-17-13-9-3)43-53(64)71-38-30-26-22-18-14-10-4/h48-49H,7-47H2,1-6H3/t48-,49+. The lowest BCUT2D eigenvalue weighted by Crippen LogP contribution is -2.54. The van der Waals surface area contributed by atoms with E-state index in [0.717, 1.165) is 154 Å². The smallest absolute Gasteiger partial charge is 0.410 e. The molecule has 0 unspecified atom stereocenters. The van der Waals surface area contributed by atoms with Crippen molar-refractivity contribution in [3.63, 3.8) is 0 Å². The van der Waals surface area contributed by atoms with E-state index in [2.05, 4.69) is 27.7 Å². The van der Waals surface area contributed by atoms with Crippen LogP contribution in [0.2, 0.25) is 0 Å². The molecule has 0 spiro atoms. The summed E-state index contributed by atoms with van der Waals surface area (Å²) < 4.78 is 39.1. The van der Waals surface area contributed by atoms with Crippen molar-refractivity contribution in [1.82, 2.24) is 19.6 Å². The zero-order chi connectivity index (χ0) is 54.4. The van der Waals surface area contributed by atoms with Gasteiger partial charge in [-0.1, -0.05) is 156 Å². The molecule has 74 heavy (non-hydrogen) atoms. The van der Waals surface area contributed by atoms with Crippen molar-refractivity contribution in [2.24, 2.45) is 0 Å². The maximum absolute atomic E-state index is 13.8. The topological polar surface area (TPSA) is 197 Å². The van der Waals surface area contributed by atoms with Crippen LogP contribution < -0.4 is 0 Å². The summed E-state index contributed by atoms with van der Waals surface area (Å²) in [5, 5.41) is 0. The van der Waals surface area contributed by atoms with Gasteiger partial charge in [-0.3, -0.25) is 43.5 Å². The number of esters is 6. The molecule has 0 bridgehead atoms. The van der Waals surface area contributed by atoms with Gasteiger partial charge in [0.05, 0.1) is 77.8 Å². The van der Waals surface area contributed by atoms with Crippen LogP contribution in [-0.4, -0.2) is 180 Å². The second-order valence-electron chi connectivity index (χ2n) is 20.2. The Bertz CT molecular complexity index is 1340. The van der Waals surface area contributed by atoms with E-state index in [1.54, 1.807) is 0 Å². The number of carbonyl (C=O) groups is 7. The van der Waals surface area contributed by atoms with Gasteiger partial charge in [0.2, 0.25) is 0 Å². The summed E-state index contributed by atoms with van der Waals surface area (Å²) in [5.41, 5.74) is 0. The van der Waals surface area contributed by atoms with Gasteiger partial charge in [-0.2, -0.15) is 0 Å². The number of piperidine rings is 1. The van der Waals surface area contributed by atoms with Crippen LogP contribution >= 0.6 is 0 Å². The van der Waals surface area contributed by atoms with Gasteiger partial charge in [-0.05, 0) is 59.0 Å². The second-order valence-corrected chi connectivity index (χ2v) is 20.2. The van der Waals surface area contributed by atoms with Crippen molar-refractivity contribution in [2.45, 2.75) is 213 Å². The molecule has 0 saturated carbocycles. The molecule has 1 aliphatic heterocycles. The largest absolute Gasteiger partial charge is 0.465 e. The zero-order valence-corrected chi connectivity index (χ0v) is 47.2. The summed E-state index contributed by atoms with van der Waals surface area (Å²) in [6, 6.07) is -1.30.